The normalized spacial score (nSPS) is 14.5. The van der Waals surface area contributed by atoms with Crippen molar-refractivity contribution in [1.82, 2.24) is 0 Å². The summed E-state index contributed by atoms with van der Waals surface area (Å²) in [7, 11) is 0. The number of rotatable bonds is 4. The molecule has 4 heteroatoms. The molecule has 0 aliphatic rings. The van der Waals surface area contributed by atoms with Crippen molar-refractivity contribution in [2.24, 2.45) is 11.5 Å². The summed E-state index contributed by atoms with van der Waals surface area (Å²) in [5, 5.41) is 8.41. The average Bonchev–Trinajstić information content (AvgIpc) is 1.80. The third kappa shape index (κ3) is 5.82. The molecule has 4 nitrogen and oxygen atoms in total. The van der Waals surface area contributed by atoms with Gasteiger partial charge in [0.1, 0.15) is 6.04 Å². The molecule has 0 aromatic carbocycles. The van der Waals surface area contributed by atoms with Crippen LogP contribution in [0.1, 0.15) is 26.7 Å². The topological polar surface area (TPSA) is 89.3 Å². The monoisotopic (exact) mass is 160 g/mol. The van der Waals surface area contributed by atoms with E-state index in [4.69, 9.17) is 16.6 Å². The molecule has 0 amide bonds. The zero-order valence-electron chi connectivity index (χ0n) is 7.00. The Morgan fingerprint density at radius 2 is 2.09 bits per heavy atom. The van der Waals surface area contributed by atoms with Gasteiger partial charge < -0.3 is 16.6 Å². The standard InChI is InChI=1S/C7H16N2O2/c1-7(2,9)4-3-5(8)6(10)11/h5H,3-4,8-9H2,1-2H3,(H,10,11). The smallest absolute Gasteiger partial charge is 0.320 e. The van der Waals surface area contributed by atoms with Gasteiger partial charge in [0.15, 0.2) is 0 Å². The van der Waals surface area contributed by atoms with Crippen LogP contribution >= 0.6 is 0 Å². The van der Waals surface area contributed by atoms with Gasteiger partial charge in [0.2, 0.25) is 0 Å². The molecule has 0 spiro atoms. The molecular weight excluding hydrogens is 144 g/mol. The van der Waals surface area contributed by atoms with E-state index in [0.717, 1.165) is 0 Å². The zero-order chi connectivity index (χ0) is 9.07. The van der Waals surface area contributed by atoms with E-state index in [2.05, 4.69) is 0 Å². The van der Waals surface area contributed by atoms with Crippen LogP contribution in [-0.4, -0.2) is 22.7 Å². The molecule has 0 saturated heterocycles. The van der Waals surface area contributed by atoms with Crippen molar-refractivity contribution < 1.29 is 9.90 Å². The summed E-state index contributed by atoms with van der Waals surface area (Å²) in [6, 6.07) is -0.780. The lowest BCUT2D eigenvalue weighted by molar-refractivity contribution is -0.138. The van der Waals surface area contributed by atoms with Crippen LogP contribution in [0.3, 0.4) is 0 Å². The van der Waals surface area contributed by atoms with E-state index < -0.39 is 12.0 Å². The number of nitrogens with two attached hydrogens (primary N) is 2. The Morgan fingerprint density at radius 3 is 2.36 bits per heavy atom. The quantitative estimate of drug-likeness (QED) is 0.536. The minimum atomic E-state index is -0.964. The molecule has 0 aromatic rings. The molecular formula is C7H16N2O2. The summed E-state index contributed by atoms with van der Waals surface area (Å²) in [5.74, 6) is -0.964. The molecule has 0 aliphatic heterocycles. The third-order valence-electron chi connectivity index (χ3n) is 1.42. The maximum Gasteiger partial charge on any atom is 0.320 e. The van der Waals surface area contributed by atoms with Gasteiger partial charge in [-0.1, -0.05) is 0 Å². The van der Waals surface area contributed by atoms with E-state index in [0.29, 0.717) is 12.8 Å². The first-order valence-electron chi connectivity index (χ1n) is 3.60. The van der Waals surface area contributed by atoms with Gasteiger partial charge >= 0.3 is 5.97 Å². The van der Waals surface area contributed by atoms with Crippen molar-refractivity contribution in [3.05, 3.63) is 0 Å². The Bertz CT molecular complexity index is 140. The maximum absolute atomic E-state index is 10.3. The molecule has 0 aromatic heterocycles. The fourth-order valence-electron chi connectivity index (χ4n) is 0.651. The van der Waals surface area contributed by atoms with Gasteiger partial charge in [0.05, 0.1) is 0 Å². The van der Waals surface area contributed by atoms with Gasteiger partial charge in [-0.05, 0) is 26.7 Å². The lowest BCUT2D eigenvalue weighted by Crippen LogP contribution is -2.37. The van der Waals surface area contributed by atoms with Crippen LogP contribution in [0.5, 0.6) is 0 Å². The minimum Gasteiger partial charge on any atom is -0.480 e. The van der Waals surface area contributed by atoms with Crippen LogP contribution in [0.2, 0.25) is 0 Å². The third-order valence-corrected chi connectivity index (χ3v) is 1.42. The van der Waals surface area contributed by atoms with Crippen LogP contribution in [-0.2, 0) is 4.79 Å². The number of hydrogen-bond acceptors (Lipinski definition) is 3. The fraction of sp³-hybridized carbons (Fsp3) is 0.857. The Labute approximate surface area is 66.6 Å². The summed E-state index contributed by atoms with van der Waals surface area (Å²) < 4.78 is 0. The van der Waals surface area contributed by atoms with Crippen molar-refractivity contribution in [1.29, 1.82) is 0 Å². The van der Waals surface area contributed by atoms with Crippen molar-refractivity contribution in [2.75, 3.05) is 0 Å². The average molecular weight is 160 g/mol. The van der Waals surface area contributed by atoms with Gasteiger partial charge in [-0.3, -0.25) is 4.79 Å². The molecule has 66 valence electrons. The molecule has 0 saturated carbocycles. The lowest BCUT2D eigenvalue weighted by atomic mass is 9.97. The second kappa shape index (κ2) is 3.69. The van der Waals surface area contributed by atoms with Crippen LogP contribution in [0.25, 0.3) is 0 Å². The SMILES string of the molecule is CC(C)(N)CCC(N)C(=O)O. The highest BCUT2D eigenvalue weighted by atomic mass is 16.4. The molecule has 0 heterocycles. The number of hydrogen-bond donors (Lipinski definition) is 3. The van der Waals surface area contributed by atoms with Crippen molar-refractivity contribution >= 4 is 5.97 Å². The molecule has 5 N–H and O–H groups in total. The molecule has 0 bridgehead atoms. The minimum absolute atomic E-state index is 0.326. The molecule has 0 aliphatic carbocycles. The van der Waals surface area contributed by atoms with Crippen molar-refractivity contribution in [3.63, 3.8) is 0 Å². The molecule has 0 fully saturated rings. The highest BCUT2D eigenvalue weighted by Gasteiger charge is 2.16. The maximum atomic E-state index is 10.3. The predicted octanol–water partition coefficient (Wildman–Crippen LogP) is -0.0842. The second-order valence-electron chi connectivity index (χ2n) is 3.47. The van der Waals surface area contributed by atoms with E-state index in [1.807, 2.05) is 13.8 Å². The summed E-state index contributed by atoms with van der Waals surface area (Å²) >= 11 is 0. The number of carbonyl (C=O) groups is 1. The van der Waals surface area contributed by atoms with Gasteiger partial charge in [0, 0.05) is 5.54 Å². The van der Waals surface area contributed by atoms with Crippen molar-refractivity contribution in [2.45, 2.75) is 38.3 Å². The number of carboxylic acid groups (broad SMARTS) is 1. The Kier molecular flexibility index (Phi) is 3.48. The van der Waals surface area contributed by atoms with Gasteiger partial charge in [-0.25, -0.2) is 0 Å². The number of aliphatic carboxylic acids is 1. The molecule has 11 heavy (non-hydrogen) atoms. The summed E-state index contributed by atoms with van der Waals surface area (Å²) in [4.78, 5) is 10.3. The Morgan fingerprint density at radius 1 is 1.64 bits per heavy atom. The summed E-state index contributed by atoms with van der Waals surface area (Å²) in [5.41, 5.74) is 10.6. The second-order valence-corrected chi connectivity index (χ2v) is 3.47. The largest absolute Gasteiger partial charge is 0.480 e. The van der Waals surface area contributed by atoms with Gasteiger partial charge in [-0.2, -0.15) is 0 Å². The van der Waals surface area contributed by atoms with E-state index in [1.165, 1.54) is 0 Å². The van der Waals surface area contributed by atoms with E-state index in [9.17, 15) is 4.79 Å². The highest BCUT2D eigenvalue weighted by Crippen LogP contribution is 2.08. The first kappa shape index (κ1) is 10.4. The fourth-order valence-corrected chi connectivity index (χ4v) is 0.651. The van der Waals surface area contributed by atoms with Gasteiger partial charge in [-0.15, -0.1) is 0 Å². The predicted molar refractivity (Wildman–Crippen MR) is 43.1 cm³/mol. The Hall–Kier alpha value is -0.610. The molecule has 0 rings (SSSR count). The molecule has 0 radical (unpaired) electrons. The highest BCUT2D eigenvalue weighted by molar-refractivity contribution is 5.72. The summed E-state index contributed by atoms with van der Waals surface area (Å²) in [6.07, 6.45) is 1.05. The molecule has 1 unspecified atom stereocenters. The van der Waals surface area contributed by atoms with Gasteiger partial charge in [0.25, 0.3) is 0 Å². The van der Waals surface area contributed by atoms with E-state index in [1.54, 1.807) is 0 Å². The molecule has 1 atom stereocenters. The lowest BCUT2D eigenvalue weighted by Gasteiger charge is -2.19. The Balaban J connectivity index is 3.63. The van der Waals surface area contributed by atoms with Crippen LogP contribution < -0.4 is 11.5 Å². The summed E-state index contributed by atoms with van der Waals surface area (Å²) in [6.45, 7) is 3.70. The van der Waals surface area contributed by atoms with Crippen LogP contribution in [0.15, 0.2) is 0 Å². The van der Waals surface area contributed by atoms with E-state index >= 15 is 0 Å². The van der Waals surface area contributed by atoms with Crippen molar-refractivity contribution in [3.8, 4) is 0 Å². The number of carboxylic acids is 1. The van der Waals surface area contributed by atoms with Crippen LogP contribution in [0, 0.1) is 0 Å². The van der Waals surface area contributed by atoms with Crippen LogP contribution in [0.4, 0.5) is 0 Å². The zero-order valence-corrected chi connectivity index (χ0v) is 7.00. The first-order chi connectivity index (χ1) is 4.83. The first-order valence-corrected chi connectivity index (χ1v) is 3.60. The van der Waals surface area contributed by atoms with E-state index in [-0.39, 0.29) is 5.54 Å².